The largest absolute Gasteiger partial charge is 0.477 e. The number of carbonyl (C=O) groups is 1. The lowest BCUT2D eigenvalue weighted by Gasteiger charge is -1.98. The molecule has 0 fully saturated rings. The van der Waals surface area contributed by atoms with E-state index in [4.69, 9.17) is 0 Å². The maximum atomic E-state index is 11.6. The van der Waals surface area contributed by atoms with Gasteiger partial charge in [-0.05, 0) is 18.2 Å². The van der Waals surface area contributed by atoms with Crippen molar-refractivity contribution in [2.75, 3.05) is 0 Å². The number of rotatable bonds is 3. The van der Waals surface area contributed by atoms with Gasteiger partial charge in [0, 0.05) is 11.1 Å². The van der Waals surface area contributed by atoms with E-state index in [1.165, 1.54) is 11.3 Å². The third-order valence-corrected chi connectivity index (χ3v) is 4.63. The molecule has 0 bridgehead atoms. The van der Waals surface area contributed by atoms with E-state index in [1.807, 2.05) is 48.5 Å². The number of nitrogens with one attached hydrogen (secondary N) is 1. The van der Waals surface area contributed by atoms with Gasteiger partial charge in [-0.25, -0.2) is 14.8 Å². The summed E-state index contributed by atoms with van der Waals surface area (Å²) >= 11 is 1.18. The van der Waals surface area contributed by atoms with Crippen LogP contribution in [0.25, 0.3) is 32.9 Å². The Kier molecular flexibility index (Phi) is 3.17. The average molecular weight is 321 g/mol. The first-order valence-corrected chi connectivity index (χ1v) is 7.77. The molecular formula is C17H11N3O2S. The van der Waals surface area contributed by atoms with E-state index in [1.54, 1.807) is 6.33 Å². The number of carboxylic acid groups (broad SMARTS) is 1. The van der Waals surface area contributed by atoms with Crippen LogP contribution in [0.2, 0.25) is 0 Å². The molecular weight excluding hydrogens is 310 g/mol. The molecule has 2 N–H and O–H groups in total. The Morgan fingerprint density at radius 1 is 1.09 bits per heavy atom. The second-order valence-electron chi connectivity index (χ2n) is 5.00. The van der Waals surface area contributed by atoms with Crippen molar-refractivity contribution in [1.82, 2.24) is 15.0 Å². The van der Waals surface area contributed by atoms with Gasteiger partial charge in [0.05, 0.1) is 23.1 Å². The molecule has 112 valence electrons. The summed E-state index contributed by atoms with van der Waals surface area (Å²) < 4.78 is 0. The number of carboxylic acids is 1. The zero-order valence-electron chi connectivity index (χ0n) is 11.9. The average Bonchev–Trinajstić information content (AvgIpc) is 3.22. The summed E-state index contributed by atoms with van der Waals surface area (Å²) in [6.45, 7) is 0. The van der Waals surface area contributed by atoms with E-state index in [2.05, 4.69) is 15.0 Å². The lowest BCUT2D eigenvalue weighted by molar-refractivity contribution is 0.0702. The molecule has 4 aromatic rings. The number of aromatic carboxylic acids is 1. The molecule has 4 rings (SSSR count). The van der Waals surface area contributed by atoms with Crippen LogP contribution in [0.5, 0.6) is 0 Å². The monoisotopic (exact) mass is 321 g/mol. The number of benzene rings is 2. The first kappa shape index (κ1) is 13.7. The van der Waals surface area contributed by atoms with Gasteiger partial charge in [-0.2, -0.15) is 0 Å². The number of thiazole rings is 1. The second kappa shape index (κ2) is 5.33. The molecule has 5 nitrogen and oxygen atoms in total. The Bertz CT molecular complexity index is 1010. The SMILES string of the molecule is O=C(O)c1sc(-c2ccc3nc[nH]c3c2)nc1-c1ccccc1. The summed E-state index contributed by atoms with van der Waals surface area (Å²) in [6, 6.07) is 15.1. The van der Waals surface area contributed by atoms with Gasteiger partial charge in [-0.15, -0.1) is 11.3 Å². The number of hydrogen-bond donors (Lipinski definition) is 2. The zero-order valence-corrected chi connectivity index (χ0v) is 12.7. The molecule has 0 saturated carbocycles. The van der Waals surface area contributed by atoms with E-state index in [0.717, 1.165) is 22.2 Å². The molecule has 0 amide bonds. The van der Waals surface area contributed by atoms with Crippen molar-refractivity contribution in [2.24, 2.45) is 0 Å². The molecule has 2 heterocycles. The standard InChI is InChI=1S/C17H11N3O2S/c21-17(22)15-14(10-4-2-1-3-5-10)20-16(23-15)11-6-7-12-13(8-11)19-9-18-12/h1-9H,(H,18,19)(H,21,22). The minimum absolute atomic E-state index is 0.246. The van der Waals surface area contributed by atoms with Gasteiger partial charge in [0.1, 0.15) is 9.88 Å². The van der Waals surface area contributed by atoms with Crippen molar-refractivity contribution in [3.8, 4) is 21.8 Å². The molecule has 0 aliphatic heterocycles. The lowest BCUT2D eigenvalue weighted by Crippen LogP contribution is -1.95. The molecule has 2 aromatic heterocycles. The van der Waals surface area contributed by atoms with Gasteiger partial charge in [-0.1, -0.05) is 30.3 Å². The predicted molar refractivity (Wildman–Crippen MR) is 89.6 cm³/mol. The summed E-state index contributed by atoms with van der Waals surface area (Å²) in [4.78, 5) is 23.6. The number of imidazole rings is 1. The topological polar surface area (TPSA) is 78.9 Å². The molecule has 0 radical (unpaired) electrons. The maximum absolute atomic E-state index is 11.6. The fourth-order valence-electron chi connectivity index (χ4n) is 2.45. The molecule has 0 unspecified atom stereocenters. The quantitative estimate of drug-likeness (QED) is 0.596. The van der Waals surface area contributed by atoms with E-state index < -0.39 is 5.97 Å². The molecule has 6 heteroatoms. The first-order chi connectivity index (χ1) is 11.2. The van der Waals surface area contributed by atoms with E-state index >= 15 is 0 Å². The lowest BCUT2D eigenvalue weighted by atomic mass is 10.1. The highest BCUT2D eigenvalue weighted by Crippen LogP contribution is 2.34. The third kappa shape index (κ3) is 2.39. The Morgan fingerprint density at radius 2 is 1.91 bits per heavy atom. The zero-order chi connectivity index (χ0) is 15.8. The molecule has 23 heavy (non-hydrogen) atoms. The van der Waals surface area contributed by atoms with Gasteiger partial charge in [0.15, 0.2) is 0 Å². The summed E-state index contributed by atoms with van der Waals surface area (Å²) in [5.41, 5.74) is 3.94. The minimum atomic E-state index is -0.963. The van der Waals surface area contributed by atoms with Crippen LogP contribution in [0.4, 0.5) is 0 Å². The van der Waals surface area contributed by atoms with Gasteiger partial charge < -0.3 is 10.1 Å². The van der Waals surface area contributed by atoms with Crippen molar-refractivity contribution in [1.29, 1.82) is 0 Å². The Morgan fingerprint density at radius 3 is 2.70 bits per heavy atom. The fourth-order valence-corrected chi connectivity index (χ4v) is 3.37. The summed E-state index contributed by atoms with van der Waals surface area (Å²) in [5.74, 6) is -0.963. The van der Waals surface area contributed by atoms with Gasteiger partial charge in [0.25, 0.3) is 0 Å². The summed E-state index contributed by atoms with van der Waals surface area (Å²) in [5, 5.41) is 10.2. The molecule has 0 spiro atoms. The van der Waals surface area contributed by atoms with Crippen molar-refractivity contribution in [2.45, 2.75) is 0 Å². The Hall–Kier alpha value is -2.99. The molecule has 0 aliphatic rings. The van der Waals surface area contributed by atoms with Gasteiger partial charge >= 0.3 is 5.97 Å². The predicted octanol–water partition coefficient (Wildman–Crippen LogP) is 4.05. The molecule has 0 saturated heterocycles. The molecule has 0 aliphatic carbocycles. The highest BCUT2D eigenvalue weighted by atomic mass is 32.1. The number of aromatic nitrogens is 3. The molecule has 2 aromatic carbocycles. The number of aromatic amines is 1. The third-order valence-electron chi connectivity index (χ3n) is 3.54. The Balaban J connectivity index is 1.88. The van der Waals surface area contributed by atoms with Crippen LogP contribution in [0, 0.1) is 0 Å². The maximum Gasteiger partial charge on any atom is 0.348 e. The number of nitrogens with zero attached hydrogens (tertiary/aromatic N) is 2. The van der Waals surface area contributed by atoms with Gasteiger partial charge in [-0.3, -0.25) is 0 Å². The highest BCUT2D eigenvalue weighted by Gasteiger charge is 2.19. The number of fused-ring (bicyclic) bond motifs is 1. The summed E-state index contributed by atoms with van der Waals surface area (Å²) in [7, 11) is 0. The van der Waals surface area contributed by atoms with Gasteiger partial charge in [0.2, 0.25) is 0 Å². The normalized spacial score (nSPS) is 11.0. The number of hydrogen-bond acceptors (Lipinski definition) is 4. The van der Waals surface area contributed by atoms with E-state index in [9.17, 15) is 9.90 Å². The second-order valence-corrected chi connectivity index (χ2v) is 6.00. The minimum Gasteiger partial charge on any atom is -0.477 e. The van der Waals surface area contributed by atoms with E-state index in [0.29, 0.717) is 10.7 Å². The first-order valence-electron chi connectivity index (χ1n) is 6.95. The Labute approximate surface area is 135 Å². The van der Waals surface area contributed by atoms with Crippen LogP contribution in [-0.4, -0.2) is 26.0 Å². The summed E-state index contributed by atoms with van der Waals surface area (Å²) in [6.07, 6.45) is 1.63. The van der Waals surface area contributed by atoms with Crippen LogP contribution < -0.4 is 0 Å². The van der Waals surface area contributed by atoms with Crippen LogP contribution in [0.15, 0.2) is 54.9 Å². The van der Waals surface area contributed by atoms with Crippen molar-refractivity contribution < 1.29 is 9.90 Å². The van der Waals surface area contributed by atoms with Crippen LogP contribution in [0.3, 0.4) is 0 Å². The van der Waals surface area contributed by atoms with Crippen molar-refractivity contribution in [3.05, 3.63) is 59.7 Å². The van der Waals surface area contributed by atoms with Crippen LogP contribution in [-0.2, 0) is 0 Å². The van der Waals surface area contributed by atoms with E-state index in [-0.39, 0.29) is 4.88 Å². The number of H-pyrrole nitrogens is 1. The van der Waals surface area contributed by atoms with Crippen LogP contribution >= 0.6 is 11.3 Å². The fraction of sp³-hybridized carbons (Fsp3) is 0. The van der Waals surface area contributed by atoms with Crippen molar-refractivity contribution in [3.63, 3.8) is 0 Å². The van der Waals surface area contributed by atoms with Crippen molar-refractivity contribution >= 4 is 28.3 Å². The van der Waals surface area contributed by atoms with Crippen LogP contribution in [0.1, 0.15) is 9.67 Å². The molecule has 0 atom stereocenters. The smallest absolute Gasteiger partial charge is 0.348 e. The highest BCUT2D eigenvalue weighted by molar-refractivity contribution is 7.17.